The fourth-order valence-corrected chi connectivity index (χ4v) is 1.83. The lowest BCUT2D eigenvalue weighted by Crippen LogP contribution is -1.98. The summed E-state index contributed by atoms with van der Waals surface area (Å²) in [5.74, 6) is 0.426. The Labute approximate surface area is 93.5 Å². The molecule has 0 aliphatic carbocycles. The number of imidazole rings is 1. The van der Waals surface area contributed by atoms with Gasteiger partial charge in [0, 0.05) is 12.6 Å². The van der Waals surface area contributed by atoms with Crippen LogP contribution in [0.4, 0.5) is 5.95 Å². The van der Waals surface area contributed by atoms with E-state index in [2.05, 4.69) is 4.98 Å². The van der Waals surface area contributed by atoms with Gasteiger partial charge in [-0.3, -0.25) is 0 Å². The third-order valence-electron chi connectivity index (χ3n) is 2.41. The van der Waals surface area contributed by atoms with Crippen molar-refractivity contribution in [2.24, 2.45) is 7.05 Å². The third-order valence-corrected chi connectivity index (χ3v) is 2.68. The minimum absolute atomic E-state index is 0.426. The molecule has 0 fully saturated rings. The predicted molar refractivity (Wildman–Crippen MR) is 62.8 cm³/mol. The van der Waals surface area contributed by atoms with Crippen LogP contribution in [0.3, 0.4) is 0 Å². The molecule has 3 nitrogen and oxygen atoms in total. The van der Waals surface area contributed by atoms with E-state index >= 15 is 0 Å². The molecule has 1 aromatic carbocycles. The molecule has 78 valence electrons. The first-order chi connectivity index (χ1) is 7.09. The number of benzene rings is 1. The molecule has 2 rings (SSSR count). The topological polar surface area (TPSA) is 43.8 Å². The van der Waals surface area contributed by atoms with Gasteiger partial charge in [0.1, 0.15) is 0 Å². The molecule has 0 spiro atoms. The largest absolute Gasteiger partial charge is 0.369 e. The molecule has 0 saturated heterocycles. The summed E-state index contributed by atoms with van der Waals surface area (Å²) < 4.78 is 1.78. The lowest BCUT2D eigenvalue weighted by atomic mass is 10.1. The van der Waals surface area contributed by atoms with E-state index in [-0.39, 0.29) is 0 Å². The van der Waals surface area contributed by atoms with E-state index in [1.165, 1.54) is 5.56 Å². The predicted octanol–water partition coefficient (Wildman–Crippen LogP) is 2.63. The summed E-state index contributed by atoms with van der Waals surface area (Å²) in [6, 6.07) is 8.10. The van der Waals surface area contributed by atoms with Crippen molar-refractivity contribution in [3.05, 3.63) is 35.0 Å². The van der Waals surface area contributed by atoms with Crippen molar-refractivity contribution < 1.29 is 0 Å². The van der Waals surface area contributed by atoms with E-state index in [0.717, 1.165) is 11.3 Å². The highest BCUT2D eigenvalue weighted by molar-refractivity contribution is 6.32. The van der Waals surface area contributed by atoms with Crippen LogP contribution in [0.5, 0.6) is 0 Å². The van der Waals surface area contributed by atoms with E-state index in [4.69, 9.17) is 17.3 Å². The van der Waals surface area contributed by atoms with Gasteiger partial charge in [0.25, 0.3) is 0 Å². The van der Waals surface area contributed by atoms with Gasteiger partial charge in [-0.1, -0.05) is 41.4 Å². The molecule has 2 aromatic rings. The van der Waals surface area contributed by atoms with Crippen molar-refractivity contribution in [1.29, 1.82) is 0 Å². The zero-order chi connectivity index (χ0) is 11.0. The normalized spacial score (nSPS) is 10.6. The van der Waals surface area contributed by atoms with Crippen molar-refractivity contribution in [3.8, 4) is 11.3 Å². The number of nitrogens with zero attached hydrogens (tertiary/aromatic N) is 2. The van der Waals surface area contributed by atoms with Crippen LogP contribution in [0, 0.1) is 6.92 Å². The molecule has 0 bridgehead atoms. The van der Waals surface area contributed by atoms with Crippen molar-refractivity contribution in [1.82, 2.24) is 9.55 Å². The number of nitrogens with two attached hydrogens (primary N) is 1. The number of aryl methyl sites for hydroxylation is 1. The van der Waals surface area contributed by atoms with Gasteiger partial charge < -0.3 is 10.3 Å². The highest BCUT2D eigenvalue weighted by Gasteiger charge is 2.12. The van der Waals surface area contributed by atoms with Crippen LogP contribution in [0.25, 0.3) is 11.3 Å². The first-order valence-corrected chi connectivity index (χ1v) is 5.02. The Hall–Kier alpha value is -1.48. The fourth-order valence-electron chi connectivity index (χ4n) is 1.51. The van der Waals surface area contributed by atoms with Crippen molar-refractivity contribution in [2.45, 2.75) is 6.92 Å². The summed E-state index contributed by atoms with van der Waals surface area (Å²) in [6.07, 6.45) is 0. The molecule has 15 heavy (non-hydrogen) atoms. The third kappa shape index (κ3) is 1.70. The van der Waals surface area contributed by atoms with Crippen molar-refractivity contribution >= 4 is 17.5 Å². The molecule has 0 atom stereocenters. The average Bonchev–Trinajstić information content (AvgIpc) is 2.44. The van der Waals surface area contributed by atoms with Crippen LogP contribution in [-0.4, -0.2) is 9.55 Å². The minimum Gasteiger partial charge on any atom is -0.369 e. The first-order valence-electron chi connectivity index (χ1n) is 4.64. The Balaban J connectivity index is 2.58. The average molecular weight is 222 g/mol. The standard InChI is InChI=1S/C11H12ClN3/c1-7-3-5-8(6-4-7)9-10(12)14-11(13)15(9)2/h3-6H,1-2H3,(H2,13,14). The number of hydrogen-bond donors (Lipinski definition) is 1. The van der Waals surface area contributed by atoms with Crippen LogP contribution in [0.2, 0.25) is 5.15 Å². The van der Waals surface area contributed by atoms with Crippen LogP contribution in [0.1, 0.15) is 5.56 Å². The van der Waals surface area contributed by atoms with Crippen LogP contribution >= 0.6 is 11.6 Å². The molecule has 1 aromatic heterocycles. The highest BCUT2D eigenvalue weighted by Crippen LogP contribution is 2.28. The molecule has 0 unspecified atom stereocenters. The molecule has 0 aliphatic rings. The summed E-state index contributed by atoms with van der Waals surface area (Å²) in [7, 11) is 1.85. The van der Waals surface area contributed by atoms with E-state index < -0.39 is 0 Å². The molecular weight excluding hydrogens is 210 g/mol. The maximum atomic E-state index is 6.01. The molecule has 4 heteroatoms. The van der Waals surface area contributed by atoms with Gasteiger partial charge in [0.2, 0.25) is 5.95 Å². The SMILES string of the molecule is Cc1ccc(-c2c(Cl)nc(N)n2C)cc1. The Morgan fingerprint density at radius 2 is 1.87 bits per heavy atom. The number of halogens is 1. The monoisotopic (exact) mass is 221 g/mol. The molecule has 0 amide bonds. The number of rotatable bonds is 1. The fraction of sp³-hybridized carbons (Fsp3) is 0.182. The van der Waals surface area contributed by atoms with Gasteiger partial charge in [-0.15, -0.1) is 0 Å². The van der Waals surface area contributed by atoms with Gasteiger partial charge in [0.05, 0.1) is 5.69 Å². The van der Waals surface area contributed by atoms with E-state index in [1.807, 2.05) is 38.2 Å². The van der Waals surface area contributed by atoms with Gasteiger partial charge >= 0.3 is 0 Å². The Morgan fingerprint density at radius 3 is 2.33 bits per heavy atom. The van der Waals surface area contributed by atoms with E-state index in [0.29, 0.717) is 11.1 Å². The molecule has 0 saturated carbocycles. The van der Waals surface area contributed by atoms with Crippen LogP contribution in [-0.2, 0) is 7.05 Å². The van der Waals surface area contributed by atoms with Gasteiger partial charge in [-0.25, -0.2) is 4.98 Å². The Bertz CT molecular complexity index is 485. The lowest BCUT2D eigenvalue weighted by Gasteiger charge is -2.04. The summed E-state index contributed by atoms with van der Waals surface area (Å²) >= 11 is 6.01. The van der Waals surface area contributed by atoms with Gasteiger partial charge in [-0.2, -0.15) is 0 Å². The molecule has 2 N–H and O–H groups in total. The smallest absolute Gasteiger partial charge is 0.201 e. The van der Waals surface area contributed by atoms with Crippen molar-refractivity contribution in [2.75, 3.05) is 5.73 Å². The lowest BCUT2D eigenvalue weighted by molar-refractivity contribution is 0.938. The summed E-state index contributed by atoms with van der Waals surface area (Å²) in [5.41, 5.74) is 8.77. The maximum absolute atomic E-state index is 6.01. The number of hydrogen-bond acceptors (Lipinski definition) is 2. The molecule has 1 heterocycles. The number of aromatic nitrogens is 2. The maximum Gasteiger partial charge on any atom is 0.201 e. The number of nitrogen functional groups attached to an aromatic ring is 1. The summed E-state index contributed by atoms with van der Waals surface area (Å²) in [6.45, 7) is 2.04. The highest BCUT2D eigenvalue weighted by atomic mass is 35.5. The van der Waals surface area contributed by atoms with Crippen molar-refractivity contribution in [3.63, 3.8) is 0 Å². The van der Waals surface area contributed by atoms with E-state index in [1.54, 1.807) is 4.57 Å². The zero-order valence-electron chi connectivity index (χ0n) is 8.66. The quantitative estimate of drug-likeness (QED) is 0.805. The van der Waals surface area contributed by atoms with Gasteiger partial charge in [-0.05, 0) is 6.92 Å². The second kappa shape index (κ2) is 3.59. The first kappa shape index (κ1) is 10.1. The Kier molecular flexibility index (Phi) is 2.40. The second-order valence-corrected chi connectivity index (χ2v) is 3.89. The van der Waals surface area contributed by atoms with Crippen LogP contribution in [0.15, 0.2) is 24.3 Å². The zero-order valence-corrected chi connectivity index (χ0v) is 9.42. The minimum atomic E-state index is 0.426. The number of anilines is 1. The second-order valence-electron chi connectivity index (χ2n) is 3.53. The Morgan fingerprint density at radius 1 is 1.27 bits per heavy atom. The summed E-state index contributed by atoms with van der Waals surface area (Å²) in [4.78, 5) is 4.02. The van der Waals surface area contributed by atoms with E-state index in [9.17, 15) is 0 Å². The molecule has 0 radical (unpaired) electrons. The molecule has 0 aliphatic heterocycles. The van der Waals surface area contributed by atoms with Gasteiger partial charge in [0.15, 0.2) is 5.15 Å². The summed E-state index contributed by atoms with van der Waals surface area (Å²) in [5, 5.41) is 0.443. The molecular formula is C11H12ClN3. The van der Waals surface area contributed by atoms with Crippen LogP contribution < -0.4 is 5.73 Å².